The summed E-state index contributed by atoms with van der Waals surface area (Å²) in [6.07, 6.45) is 3.22. The van der Waals surface area contributed by atoms with Crippen molar-refractivity contribution < 1.29 is 13.2 Å². The maximum atomic E-state index is 13.3. The Morgan fingerprint density at radius 2 is 1.67 bits per heavy atom. The van der Waals surface area contributed by atoms with Gasteiger partial charge in [0, 0.05) is 36.7 Å². The first-order valence-corrected chi connectivity index (χ1v) is 11.4. The summed E-state index contributed by atoms with van der Waals surface area (Å²) in [6.45, 7) is 4.62. The van der Waals surface area contributed by atoms with E-state index in [1.807, 2.05) is 37.3 Å². The fourth-order valence-corrected chi connectivity index (χ4v) is 4.81. The largest absolute Gasteiger partial charge is 0.378 e. The lowest BCUT2D eigenvalue weighted by molar-refractivity contribution is 0.122. The van der Waals surface area contributed by atoms with Crippen molar-refractivity contribution in [2.24, 2.45) is 0 Å². The average Bonchev–Trinajstić information content (AvgIpc) is 2.76. The van der Waals surface area contributed by atoms with Crippen LogP contribution in [0.5, 0.6) is 0 Å². The van der Waals surface area contributed by atoms with E-state index >= 15 is 0 Å². The van der Waals surface area contributed by atoms with E-state index in [2.05, 4.69) is 14.9 Å². The molecule has 0 atom stereocenters. The zero-order valence-electron chi connectivity index (χ0n) is 16.8. The molecule has 3 aromatic rings. The van der Waals surface area contributed by atoms with Crippen LogP contribution in [0.3, 0.4) is 0 Å². The molecule has 156 valence electrons. The van der Waals surface area contributed by atoms with Gasteiger partial charge in [-0.2, -0.15) is 0 Å². The molecule has 0 saturated carbocycles. The first kappa shape index (κ1) is 20.3. The van der Waals surface area contributed by atoms with Crippen molar-refractivity contribution >= 4 is 21.5 Å². The number of sulfone groups is 1. The van der Waals surface area contributed by atoms with Crippen LogP contribution in [0.25, 0.3) is 11.1 Å². The lowest BCUT2D eigenvalue weighted by Gasteiger charge is -2.29. The van der Waals surface area contributed by atoms with E-state index in [0.29, 0.717) is 31.9 Å². The number of benzene rings is 2. The molecule has 1 aliphatic rings. The molecule has 30 heavy (non-hydrogen) atoms. The standard InChI is InChI=1S/C22H24N4O3S/c1-16-2-4-17(5-3-16)15-30(27,28)21-11-18(19-13-24-22(23)25-14-19)10-20(12-21)26-6-8-29-9-7-26/h2-5,10-14H,6-9,15H2,1H3,(H2,23,24,25). The zero-order valence-corrected chi connectivity index (χ0v) is 17.6. The van der Waals surface area contributed by atoms with E-state index in [1.165, 1.54) is 0 Å². The van der Waals surface area contributed by atoms with Gasteiger partial charge in [0.05, 0.1) is 23.9 Å². The van der Waals surface area contributed by atoms with Gasteiger partial charge in [0.2, 0.25) is 5.95 Å². The molecule has 0 spiro atoms. The zero-order chi connectivity index (χ0) is 21.1. The summed E-state index contributed by atoms with van der Waals surface area (Å²) in [5.41, 5.74) is 9.75. The van der Waals surface area contributed by atoms with Gasteiger partial charge in [0.1, 0.15) is 0 Å². The molecular weight excluding hydrogens is 400 g/mol. The predicted molar refractivity (Wildman–Crippen MR) is 117 cm³/mol. The van der Waals surface area contributed by atoms with Gasteiger partial charge in [-0.3, -0.25) is 0 Å². The Morgan fingerprint density at radius 1 is 1.00 bits per heavy atom. The molecule has 1 fully saturated rings. The second-order valence-electron chi connectivity index (χ2n) is 7.39. The molecule has 1 aromatic heterocycles. The van der Waals surface area contributed by atoms with Gasteiger partial charge >= 0.3 is 0 Å². The Hall–Kier alpha value is -2.97. The number of aryl methyl sites for hydroxylation is 1. The van der Waals surface area contributed by atoms with E-state index in [4.69, 9.17) is 10.5 Å². The third kappa shape index (κ3) is 4.60. The third-order valence-corrected chi connectivity index (χ3v) is 6.78. The molecule has 2 N–H and O–H groups in total. The van der Waals surface area contributed by atoms with E-state index < -0.39 is 9.84 Å². The third-order valence-electron chi connectivity index (χ3n) is 5.11. The van der Waals surface area contributed by atoms with Crippen LogP contribution >= 0.6 is 0 Å². The molecule has 8 heteroatoms. The molecule has 2 heterocycles. The topological polar surface area (TPSA) is 98.4 Å². The van der Waals surface area contributed by atoms with Crippen molar-refractivity contribution in [3.05, 3.63) is 66.0 Å². The number of morpholine rings is 1. The average molecular weight is 425 g/mol. The van der Waals surface area contributed by atoms with E-state index in [1.54, 1.807) is 24.5 Å². The molecule has 0 bridgehead atoms. The molecule has 4 rings (SSSR count). The van der Waals surface area contributed by atoms with Crippen molar-refractivity contribution in [2.75, 3.05) is 36.9 Å². The fraction of sp³-hybridized carbons (Fsp3) is 0.273. The number of rotatable bonds is 5. The van der Waals surface area contributed by atoms with Crippen molar-refractivity contribution in [1.82, 2.24) is 9.97 Å². The highest BCUT2D eigenvalue weighted by Gasteiger charge is 2.20. The summed E-state index contributed by atoms with van der Waals surface area (Å²) >= 11 is 0. The molecule has 0 amide bonds. The minimum absolute atomic E-state index is 0.0580. The fourth-order valence-electron chi connectivity index (χ4n) is 3.41. The van der Waals surface area contributed by atoms with Crippen LogP contribution in [0, 0.1) is 6.92 Å². The quantitative estimate of drug-likeness (QED) is 0.672. The summed E-state index contributed by atoms with van der Waals surface area (Å²) in [5.74, 6) is 0.118. The highest BCUT2D eigenvalue weighted by atomic mass is 32.2. The number of nitrogens with zero attached hydrogens (tertiary/aromatic N) is 3. The number of nitrogens with two attached hydrogens (primary N) is 1. The van der Waals surface area contributed by atoms with Crippen LogP contribution in [-0.4, -0.2) is 44.7 Å². The molecule has 0 aliphatic carbocycles. The van der Waals surface area contributed by atoms with Crippen LogP contribution < -0.4 is 10.6 Å². The minimum Gasteiger partial charge on any atom is -0.378 e. The Labute approximate surface area is 176 Å². The van der Waals surface area contributed by atoms with Gasteiger partial charge < -0.3 is 15.4 Å². The Balaban J connectivity index is 1.76. The van der Waals surface area contributed by atoms with Crippen molar-refractivity contribution in [1.29, 1.82) is 0 Å². The van der Waals surface area contributed by atoms with Crippen LogP contribution in [0.2, 0.25) is 0 Å². The summed E-state index contributed by atoms with van der Waals surface area (Å²) in [4.78, 5) is 10.5. The monoisotopic (exact) mass is 424 g/mol. The van der Waals surface area contributed by atoms with E-state index in [-0.39, 0.29) is 16.6 Å². The van der Waals surface area contributed by atoms with Gasteiger partial charge in [-0.25, -0.2) is 18.4 Å². The number of ether oxygens (including phenoxy) is 1. The second-order valence-corrected chi connectivity index (χ2v) is 9.38. The van der Waals surface area contributed by atoms with E-state index in [0.717, 1.165) is 22.4 Å². The lowest BCUT2D eigenvalue weighted by Crippen LogP contribution is -2.36. The van der Waals surface area contributed by atoms with Gasteiger partial charge in [-0.05, 0) is 36.2 Å². The minimum atomic E-state index is -3.55. The second kappa shape index (κ2) is 8.41. The Morgan fingerprint density at radius 3 is 2.33 bits per heavy atom. The predicted octanol–water partition coefficient (Wildman–Crippen LogP) is 2.84. The molecule has 1 aliphatic heterocycles. The smallest absolute Gasteiger partial charge is 0.219 e. The maximum absolute atomic E-state index is 13.3. The molecule has 2 aromatic carbocycles. The summed E-state index contributed by atoms with van der Waals surface area (Å²) in [6, 6.07) is 12.9. The molecule has 7 nitrogen and oxygen atoms in total. The molecule has 1 saturated heterocycles. The SMILES string of the molecule is Cc1ccc(CS(=O)(=O)c2cc(-c3cnc(N)nc3)cc(N3CCOCC3)c2)cc1. The van der Waals surface area contributed by atoms with Gasteiger partial charge in [0.15, 0.2) is 9.84 Å². The number of nitrogen functional groups attached to an aromatic ring is 1. The van der Waals surface area contributed by atoms with Crippen LogP contribution in [0.4, 0.5) is 11.6 Å². The summed E-state index contributed by atoms with van der Waals surface area (Å²) < 4.78 is 32.0. The van der Waals surface area contributed by atoms with Gasteiger partial charge in [-0.1, -0.05) is 29.8 Å². The number of anilines is 2. The maximum Gasteiger partial charge on any atom is 0.219 e. The van der Waals surface area contributed by atoms with Gasteiger partial charge in [0.25, 0.3) is 0 Å². The van der Waals surface area contributed by atoms with Gasteiger partial charge in [-0.15, -0.1) is 0 Å². The molecule has 0 unspecified atom stereocenters. The first-order valence-electron chi connectivity index (χ1n) is 9.75. The normalized spacial score (nSPS) is 14.6. The Kier molecular flexibility index (Phi) is 5.69. The van der Waals surface area contributed by atoms with Crippen LogP contribution in [0.15, 0.2) is 59.8 Å². The van der Waals surface area contributed by atoms with Crippen molar-refractivity contribution in [3.63, 3.8) is 0 Å². The van der Waals surface area contributed by atoms with Crippen LogP contribution in [-0.2, 0) is 20.3 Å². The molecule has 0 radical (unpaired) electrons. The highest BCUT2D eigenvalue weighted by molar-refractivity contribution is 7.90. The van der Waals surface area contributed by atoms with E-state index in [9.17, 15) is 8.42 Å². The van der Waals surface area contributed by atoms with Crippen LogP contribution in [0.1, 0.15) is 11.1 Å². The van der Waals surface area contributed by atoms with Crippen molar-refractivity contribution in [3.8, 4) is 11.1 Å². The van der Waals surface area contributed by atoms with Crippen molar-refractivity contribution in [2.45, 2.75) is 17.6 Å². The number of hydrogen-bond acceptors (Lipinski definition) is 7. The lowest BCUT2D eigenvalue weighted by atomic mass is 10.1. The Bertz CT molecular complexity index is 1120. The first-order chi connectivity index (χ1) is 14.4. The number of hydrogen-bond donors (Lipinski definition) is 1. The number of aromatic nitrogens is 2. The molecular formula is C22H24N4O3S. The highest BCUT2D eigenvalue weighted by Crippen LogP contribution is 2.30. The summed E-state index contributed by atoms with van der Waals surface area (Å²) in [5, 5.41) is 0. The summed E-state index contributed by atoms with van der Waals surface area (Å²) in [7, 11) is -3.55.